The fraction of sp³-hybridized carbons (Fsp3) is 0.200. The maximum atomic E-state index is 13.7. The summed E-state index contributed by atoms with van der Waals surface area (Å²) in [6.45, 7) is 0. The van der Waals surface area contributed by atoms with Gasteiger partial charge in [-0.15, -0.1) is 0 Å². The molecule has 1 atom stereocenters. The number of hydrogen-bond donors (Lipinski definition) is 1. The molecular formula is C15H12Br2ClF2N. The molecule has 2 aromatic carbocycles. The molecule has 2 aromatic rings. The fourth-order valence-corrected chi connectivity index (χ4v) is 3.43. The highest BCUT2D eigenvalue weighted by Crippen LogP contribution is 2.31. The van der Waals surface area contributed by atoms with Crippen LogP contribution in [0.25, 0.3) is 0 Å². The number of nitrogens with one attached hydrogen (secondary N) is 1. The van der Waals surface area contributed by atoms with Gasteiger partial charge in [-0.3, -0.25) is 0 Å². The molecular weight excluding hydrogens is 427 g/mol. The van der Waals surface area contributed by atoms with Gasteiger partial charge in [-0.05, 0) is 58.7 Å². The van der Waals surface area contributed by atoms with Gasteiger partial charge in [0.2, 0.25) is 0 Å². The van der Waals surface area contributed by atoms with Gasteiger partial charge in [-0.1, -0.05) is 39.7 Å². The van der Waals surface area contributed by atoms with Crippen molar-refractivity contribution in [2.75, 3.05) is 7.05 Å². The highest BCUT2D eigenvalue weighted by atomic mass is 79.9. The zero-order chi connectivity index (χ0) is 15.6. The molecule has 0 spiro atoms. The number of hydrogen-bond acceptors (Lipinski definition) is 1. The first-order chi connectivity index (χ1) is 9.93. The van der Waals surface area contributed by atoms with E-state index >= 15 is 0 Å². The number of benzene rings is 2. The monoisotopic (exact) mass is 437 g/mol. The summed E-state index contributed by atoms with van der Waals surface area (Å²) in [5.41, 5.74) is 1.58. The zero-order valence-electron chi connectivity index (χ0n) is 11.1. The SMILES string of the molecule is CNC(Cc1ccc(Br)cc1Cl)c1ccc(F)c(F)c1Br. The normalized spacial score (nSPS) is 12.5. The Balaban J connectivity index is 2.34. The average Bonchev–Trinajstić information content (AvgIpc) is 2.45. The summed E-state index contributed by atoms with van der Waals surface area (Å²) < 4.78 is 27.9. The lowest BCUT2D eigenvalue weighted by Gasteiger charge is -2.19. The van der Waals surface area contributed by atoms with Crippen LogP contribution in [0.3, 0.4) is 0 Å². The molecule has 0 aliphatic rings. The fourth-order valence-electron chi connectivity index (χ4n) is 2.08. The molecule has 2 rings (SSSR count). The minimum Gasteiger partial charge on any atom is -0.313 e. The van der Waals surface area contributed by atoms with Crippen LogP contribution in [0.15, 0.2) is 39.3 Å². The molecule has 0 aromatic heterocycles. The maximum Gasteiger partial charge on any atom is 0.173 e. The van der Waals surface area contributed by atoms with Crippen molar-refractivity contribution >= 4 is 43.5 Å². The molecule has 0 aliphatic carbocycles. The molecule has 1 N–H and O–H groups in total. The van der Waals surface area contributed by atoms with Crippen molar-refractivity contribution in [1.29, 1.82) is 0 Å². The third-order valence-electron chi connectivity index (χ3n) is 3.23. The van der Waals surface area contributed by atoms with E-state index in [1.54, 1.807) is 13.1 Å². The summed E-state index contributed by atoms with van der Waals surface area (Å²) in [5, 5.41) is 3.73. The van der Waals surface area contributed by atoms with Crippen molar-refractivity contribution in [3.8, 4) is 0 Å². The van der Waals surface area contributed by atoms with E-state index in [1.807, 2.05) is 18.2 Å². The number of rotatable bonds is 4. The molecule has 0 fully saturated rings. The standard InChI is InChI=1S/C15H12Br2ClF2N/c1-21-13(6-8-2-3-9(16)7-11(8)18)10-4-5-12(19)15(20)14(10)17/h2-5,7,13,21H,6H2,1H3. The highest BCUT2D eigenvalue weighted by Gasteiger charge is 2.19. The first-order valence-corrected chi connectivity index (χ1v) is 8.15. The Bertz CT molecular complexity index is 664. The summed E-state index contributed by atoms with van der Waals surface area (Å²) in [6, 6.07) is 8.12. The molecule has 0 saturated carbocycles. The van der Waals surface area contributed by atoms with Gasteiger partial charge >= 0.3 is 0 Å². The second kappa shape index (κ2) is 7.18. The predicted molar refractivity (Wildman–Crippen MR) is 88.7 cm³/mol. The van der Waals surface area contributed by atoms with E-state index in [9.17, 15) is 8.78 Å². The van der Waals surface area contributed by atoms with E-state index in [2.05, 4.69) is 37.2 Å². The van der Waals surface area contributed by atoms with Crippen LogP contribution in [-0.2, 0) is 6.42 Å². The quantitative estimate of drug-likeness (QED) is 0.608. The summed E-state index contributed by atoms with van der Waals surface area (Å²) >= 11 is 12.7. The third kappa shape index (κ3) is 3.83. The Morgan fingerprint density at radius 2 is 1.90 bits per heavy atom. The Labute approximate surface area is 144 Å². The van der Waals surface area contributed by atoms with Gasteiger partial charge < -0.3 is 5.32 Å². The van der Waals surface area contributed by atoms with Gasteiger partial charge in [-0.2, -0.15) is 0 Å². The van der Waals surface area contributed by atoms with E-state index < -0.39 is 11.6 Å². The van der Waals surface area contributed by atoms with Crippen molar-refractivity contribution < 1.29 is 8.78 Å². The minimum absolute atomic E-state index is 0.134. The lowest BCUT2D eigenvalue weighted by atomic mass is 9.98. The van der Waals surface area contributed by atoms with E-state index in [4.69, 9.17) is 11.6 Å². The maximum absolute atomic E-state index is 13.7. The molecule has 0 radical (unpaired) electrons. The molecule has 0 bridgehead atoms. The van der Waals surface area contributed by atoms with Crippen molar-refractivity contribution in [2.24, 2.45) is 0 Å². The summed E-state index contributed by atoms with van der Waals surface area (Å²) in [5.74, 6) is -1.75. The number of likely N-dealkylation sites (N-methyl/N-ethyl adjacent to an activating group) is 1. The van der Waals surface area contributed by atoms with Crippen LogP contribution in [0.4, 0.5) is 8.78 Å². The molecule has 0 heterocycles. The van der Waals surface area contributed by atoms with Crippen LogP contribution < -0.4 is 5.32 Å². The molecule has 21 heavy (non-hydrogen) atoms. The molecule has 6 heteroatoms. The van der Waals surface area contributed by atoms with Gasteiger partial charge in [0.25, 0.3) is 0 Å². The van der Waals surface area contributed by atoms with E-state index in [1.165, 1.54) is 0 Å². The first kappa shape index (κ1) is 16.9. The Morgan fingerprint density at radius 1 is 1.19 bits per heavy atom. The van der Waals surface area contributed by atoms with Crippen LogP contribution >= 0.6 is 43.5 Å². The van der Waals surface area contributed by atoms with Crippen molar-refractivity contribution in [2.45, 2.75) is 12.5 Å². The lowest BCUT2D eigenvalue weighted by molar-refractivity contribution is 0.495. The molecule has 0 aliphatic heterocycles. The van der Waals surface area contributed by atoms with Crippen molar-refractivity contribution in [3.05, 3.63) is 67.1 Å². The Kier molecular flexibility index (Phi) is 5.77. The second-order valence-corrected chi connectivity index (χ2v) is 6.66. The average molecular weight is 440 g/mol. The van der Waals surface area contributed by atoms with Crippen LogP contribution in [0.2, 0.25) is 5.02 Å². The van der Waals surface area contributed by atoms with Crippen LogP contribution in [0.1, 0.15) is 17.2 Å². The predicted octanol–water partition coefficient (Wildman–Crippen LogP) is 5.65. The Hall–Kier alpha value is -0.490. The third-order valence-corrected chi connectivity index (χ3v) is 4.88. The molecule has 0 amide bonds. The molecule has 1 unspecified atom stereocenters. The molecule has 1 nitrogen and oxygen atoms in total. The largest absolute Gasteiger partial charge is 0.313 e. The Morgan fingerprint density at radius 3 is 2.52 bits per heavy atom. The summed E-state index contributed by atoms with van der Waals surface area (Å²) in [7, 11) is 1.77. The lowest BCUT2D eigenvalue weighted by Crippen LogP contribution is -2.20. The zero-order valence-corrected chi connectivity index (χ0v) is 15.0. The van der Waals surface area contributed by atoms with Crippen LogP contribution in [-0.4, -0.2) is 7.05 Å². The van der Waals surface area contributed by atoms with E-state index in [0.29, 0.717) is 17.0 Å². The van der Waals surface area contributed by atoms with Gasteiger partial charge in [0, 0.05) is 15.5 Å². The molecule has 0 saturated heterocycles. The van der Waals surface area contributed by atoms with Crippen molar-refractivity contribution in [3.63, 3.8) is 0 Å². The minimum atomic E-state index is -0.880. The van der Waals surface area contributed by atoms with Gasteiger partial charge in [0.15, 0.2) is 11.6 Å². The van der Waals surface area contributed by atoms with Crippen molar-refractivity contribution in [1.82, 2.24) is 5.32 Å². The highest BCUT2D eigenvalue weighted by molar-refractivity contribution is 9.10. The van der Waals surface area contributed by atoms with Gasteiger partial charge in [0.05, 0.1) is 4.47 Å². The first-order valence-electron chi connectivity index (χ1n) is 6.18. The van der Waals surface area contributed by atoms with E-state index in [0.717, 1.165) is 16.1 Å². The van der Waals surface area contributed by atoms with E-state index in [-0.39, 0.29) is 10.5 Å². The molecule has 112 valence electrons. The van der Waals surface area contributed by atoms with Gasteiger partial charge in [0.1, 0.15) is 0 Å². The van der Waals surface area contributed by atoms with Crippen LogP contribution in [0.5, 0.6) is 0 Å². The smallest absolute Gasteiger partial charge is 0.173 e. The van der Waals surface area contributed by atoms with Crippen LogP contribution in [0, 0.1) is 11.6 Å². The second-order valence-electron chi connectivity index (χ2n) is 4.55. The topological polar surface area (TPSA) is 12.0 Å². The van der Waals surface area contributed by atoms with Gasteiger partial charge in [-0.25, -0.2) is 8.78 Å². The summed E-state index contributed by atoms with van der Waals surface area (Å²) in [4.78, 5) is 0. The number of halogens is 5. The summed E-state index contributed by atoms with van der Waals surface area (Å²) in [6.07, 6.45) is 0.562.